The van der Waals surface area contributed by atoms with E-state index in [1.54, 1.807) is 31.5 Å². The van der Waals surface area contributed by atoms with Gasteiger partial charge >= 0.3 is 5.97 Å². The number of carboxylic acids is 1. The highest BCUT2D eigenvalue weighted by Crippen LogP contribution is 2.10. The van der Waals surface area contributed by atoms with Crippen molar-refractivity contribution in [2.24, 2.45) is 0 Å². The maximum atomic E-state index is 10.3. The fourth-order valence-corrected chi connectivity index (χ4v) is 0.883. The summed E-state index contributed by atoms with van der Waals surface area (Å²) in [6, 6.07) is 3.55. The minimum absolute atomic E-state index is 0.727. The topological polar surface area (TPSA) is 50.2 Å². The van der Waals surface area contributed by atoms with Gasteiger partial charge < -0.3 is 5.11 Å². The maximum Gasteiger partial charge on any atom is 0.328 e. The van der Waals surface area contributed by atoms with E-state index in [0.717, 1.165) is 11.1 Å². The van der Waals surface area contributed by atoms with Gasteiger partial charge in [-0.3, -0.25) is 4.98 Å². The molecule has 0 saturated carbocycles. The third-order valence-electron chi connectivity index (χ3n) is 1.48. The highest BCUT2D eigenvalue weighted by Gasteiger charge is 1.96. The van der Waals surface area contributed by atoms with Gasteiger partial charge in [-0.15, -0.1) is 0 Å². The summed E-state index contributed by atoms with van der Waals surface area (Å²) in [6.45, 7) is 1.75. The van der Waals surface area contributed by atoms with E-state index < -0.39 is 5.97 Å². The largest absolute Gasteiger partial charge is 0.478 e. The minimum atomic E-state index is -0.927. The molecule has 0 aromatic carbocycles. The first-order valence-corrected chi connectivity index (χ1v) is 3.52. The zero-order chi connectivity index (χ0) is 8.97. The van der Waals surface area contributed by atoms with Crippen molar-refractivity contribution < 1.29 is 9.90 Å². The molecule has 0 bridgehead atoms. The summed E-state index contributed by atoms with van der Waals surface area (Å²) in [5.41, 5.74) is 1.61. The monoisotopic (exact) mass is 163 g/mol. The van der Waals surface area contributed by atoms with Crippen molar-refractivity contribution in [3.05, 3.63) is 36.2 Å². The predicted molar refractivity (Wildman–Crippen MR) is 45.5 cm³/mol. The molecule has 0 spiro atoms. The van der Waals surface area contributed by atoms with Crippen LogP contribution in [0.2, 0.25) is 0 Å². The number of hydrogen-bond donors (Lipinski definition) is 1. The molecule has 3 nitrogen and oxygen atoms in total. The first-order valence-electron chi connectivity index (χ1n) is 3.52. The zero-order valence-electron chi connectivity index (χ0n) is 6.69. The fourth-order valence-electron chi connectivity index (χ4n) is 0.883. The standard InChI is InChI=1S/C9H9NO2/c1-7(6-9(11)12)8-2-4-10-5-3-8/h2-6H,1H3,(H,11,12)/b7-6+. The number of pyridine rings is 1. The second kappa shape index (κ2) is 3.67. The van der Waals surface area contributed by atoms with Crippen LogP contribution in [0.5, 0.6) is 0 Å². The highest BCUT2D eigenvalue weighted by atomic mass is 16.4. The summed E-state index contributed by atoms with van der Waals surface area (Å²) in [5, 5.41) is 8.45. The Bertz CT molecular complexity index is 304. The molecule has 12 heavy (non-hydrogen) atoms. The normalized spacial score (nSPS) is 11.2. The third-order valence-corrected chi connectivity index (χ3v) is 1.48. The van der Waals surface area contributed by atoms with Crippen molar-refractivity contribution in [2.45, 2.75) is 6.92 Å². The van der Waals surface area contributed by atoms with Crippen LogP contribution in [0, 0.1) is 0 Å². The molecule has 1 aromatic rings. The van der Waals surface area contributed by atoms with E-state index in [4.69, 9.17) is 5.11 Å². The molecule has 0 aliphatic rings. The third kappa shape index (κ3) is 2.20. The number of aliphatic carboxylic acids is 1. The number of rotatable bonds is 2. The maximum absolute atomic E-state index is 10.3. The molecular weight excluding hydrogens is 154 g/mol. The van der Waals surface area contributed by atoms with Gasteiger partial charge in [0.2, 0.25) is 0 Å². The van der Waals surface area contributed by atoms with Gasteiger partial charge in [0.05, 0.1) is 0 Å². The minimum Gasteiger partial charge on any atom is -0.478 e. The van der Waals surface area contributed by atoms with E-state index in [1.807, 2.05) is 0 Å². The number of hydrogen-bond acceptors (Lipinski definition) is 2. The Hall–Kier alpha value is -1.64. The molecule has 3 heteroatoms. The molecule has 0 unspecified atom stereocenters. The first-order chi connectivity index (χ1) is 5.70. The van der Waals surface area contributed by atoms with Crippen molar-refractivity contribution in [3.8, 4) is 0 Å². The molecule has 1 aromatic heterocycles. The summed E-state index contributed by atoms with van der Waals surface area (Å²) in [6.07, 6.45) is 4.44. The number of carboxylic acid groups (broad SMARTS) is 1. The molecule has 0 aliphatic heterocycles. The van der Waals surface area contributed by atoms with E-state index >= 15 is 0 Å². The lowest BCUT2D eigenvalue weighted by molar-refractivity contribution is -0.131. The Morgan fingerprint density at radius 1 is 1.50 bits per heavy atom. The molecule has 0 amide bonds. The van der Waals surface area contributed by atoms with Crippen LogP contribution in [0.15, 0.2) is 30.6 Å². The molecule has 62 valence electrons. The Morgan fingerprint density at radius 3 is 2.58 bits per heavy atom. The van der Waals surface area contributed by atoms with E-state index in [9.17, 15) is 4.79 Å². The average Bonchev–Trinajstić information content (AvgIpc) is 2.05. The van der Waals surface area contributed by atoms with Crippen LogP contribution in [0.25, 0.3) is 5.57 Å². The van der Waals surface area contributed by atoms with Crippen LogP contribution in [-0.4, -0.2) is 16.1 Å². The van der Waals surface area contributed by atoms with Gasteiger partial charge in [0.25, 0.3) is 0 Å². The van der Waals surface area contributed by atoms with Crippen LogP contribution in [0.1, 0.15) is 12.5 Å². The molecule has 0 saturated heterocycles. The molecule has 1 rings (SSSR count). The summed E-state index contributed by atoms with van der Waals surface area (Å²) in [4.78, 5) is 14.1. The van der Waals surface area contributed by atoms with Crippen molar-refractivity contribution in [1.29, 1.82) is 0 Å². The lowest BCUT2D eigenvalue weighted by Crippen LogP contribution is -1.89. The first kappa shape index (κ1) is 8.46. The van der Waals surface area contributed by atoms with Crippen molar-refractivity contribution in [1.82, 2.24) is 4.98 Å². The van der Waals surface area contributed by atoms with E-state index in [1.165, 1.54) is 6.08 Å². The van der Waals surface area contributed by atoms with Gasteiger partial charge in [-0.2, -0.15) is 0 Å². The van der Waals surface area contributed by atoms with Gasteiger partial charge in [-0.05, 0) is 30.2 Å². The van der Waals surface area contributed by atoms with Gasteiger partial charge in [0.15, 0.2) is 0 Å². The molecule has 0 atom stereocenters. The second-order valence-corrected chi connectivity index (χ2v) is 2.40. The van der Waals surface area contributed by atoms with Crippen LogP contribution in [0.3, 0.4) is 0 Å². The van der Waals surface area contributed by atoms with Crippen molar-refractivity contribution in [3.63, 3.8) is 0 Å². The lowest BCUT2D eigenvalue weighted by Gasteiger charge is -1.97. The number of aromatic nitrogens is 1. The number of nitrogens with zero attached hydrogens (tertiary/aromatic N) is 1. The molecule has 1 N–H and O–H groups in total. The smallest absolute Gasteiger partial charge is 0.328 e. The quantitative estimate of drug-likeness (QED) is 0.673. The summed E-state index contributed by atoms with van der Waals surface area (Å²) >= 11 is 0. The Labute approximate surface area is 70.4 Å². The SMILES string of the molecule is C/C(=C\C(=O)O)c1ccncc1. The molecule has 0 radical (unpaired) electrons. The number of allylic oxidation sites excluding steroid dienone is 1. The van der Waals surface area contributed by atoms with E-state index in [0.29, 0.717) is 0 Å². The molecule has 0 fully saturated rings. The zero-order valence-corrected chi connectivity index (χ0v) is 6.69. The second-order valence-electron chi connectivity index (χ2n) is 2.40. The van der Waals surface area contributed by atoms with Gasteiger partial charge in [-0.25, -0.2) is 4.79 Å². The summed E-state index contributed by atoms with van der Waals surface area (Å²) < 4.78 is 0. The molecule has 0 aliphatic carbocycles. The summed E-state index contributed by atoms with van der Waals surface area (Å²) in [5.74, 6) is -0.927. The van der Waals surface area contributed by atoms with Gasteiger partial charge in [0.1, 0.15) is 0 Å². The van der Waals surface area contributed by atoms with Crippen molar-refractivity contribution >= 4 is 11.5 Å². The average molecular weight is 163 g/mol. The predicted octanol–water partition coefficient (Wildman–Crippen LogP) is 1.57. The molecule has 1 heterocycles. The number of carbonyl (C=O) groups is 1. The van der Waals surface area contributed by atoms with Crippen LogP contribution in [-0.2, 0) is 4.79 Å². The molecular formula is C9H9NO2. The fraction of sp³-hybridized carbons (Fsp3) is 0.111. The highest BCUT2D eigenvalue weighted by molar-refractivity contribution is 5.89. The Kier molecular flexibility index (Phi) is 2.58. The van der Waals surface area contributed by atoms with Gasteiger partial charge in [-0.1, -0.05) is 0 Å². The Balaban J connectivity index is 2.93. The Morgan fingerprint density at radius 2 is 2.08 bits per heavy atom. The van der Waals surface area contributed by atoms with Crippen LogP contribution >= 0.6 is 0 Å². The lowest BCUT2D eigenvalue weighted by atomic mass is 10.1. The van der Waals surface area contributed by atoms with E-state index in [-0.39, 0.29) is 0 Å². The van der Waals surface area contributed by atoms with Crippen LogP contribution < -0.4 is 0 Å². The van der Waals surface area contributed by atoms with Crippen molar-refractivity contribution in [2.75, 3.05) is 0 Å². The van der Waals surface area contributed by atoms with E-state index in [2.05, 4.69) is 4.98 Å². The van der Waals surface area contributed by atoms with Crippen LogP contribution in [0.4, 0.5) is 0 Å². The van der Waals surface area contributed by atoms with Gasteiger partial charge in [0, 0.05) is 18.5 Å². The summed E-state index contributed by atoms with van der Waals surface area (Å²) in [7, 11) is 0.